The summed E-state index contributed by atoms with van der Waals surface area (Å²) in [6, 6.07) is 8.46. The van der Waals surface area contributed by atoms with Crippen LogP contribution in [-0.4, -0.2) is 47.5 Å². The second-order valence-corrected chi connectivity index (χ2v) is 7.21. The Morgan fingerprint density at radius 3 is 3.07 bits per heavy atom. The van der Waals surface area contributed by atoms with Gasteiger partial charge in [0.1, 0.15) is 18.2 Å². The molecular weight excluding hydrogens is 368 g/mol. The molecule has 2 aromatic rings. The number of aryl methyl sites for hydroxylation is 1. The van der Waals surface area contributed by atoms with Crippen LogP contribution in [0.1, 0.15) is 43.4 Å². The lowest BCUT2D eigenvalue weighted by molar-refractivity contribution is 0.177. The molecule has 29 heavy (non-hydrogen) atoms. The molecule has 0 fully saturated rings. The number of benzene rings is 1. The summed E-state index contributed by atoms with van der Waals surface area (Å²) in [4.78, 5) is 8.90. The largest absolute Gasteiger partial charge is 0.494 e. The molecule has 0 spiro atoms. The molecule has 1 aliphatic rings. The van der Waals surface area contributed by atoms with Crippen LogP contribution in [0.4, 0.5) is 0 Å². The molecule has 158 valence electrons. The zero-order valence-corrected chi connectivity index (χ0v) is 17.6. The molecule has 0 aliphatic carbocycles. The predicted molar refractivity (Wildman–Crippen MR) is 113 cm³/mol. The van der Waals surface area contributed by atoms with Gasteiger partial charge >= 0.3 is 0 Å². The van der Waals surface area contributed by atoms with E-state index in [9.17, 15) is 0 Å². The fraction of sp³-hybridized carbons (Fsp3) is 0.571. The fourth-order valence-electron chi connectivity index (χ4n) is 3.32. The molecule has 8 heteroatoms. The van der Waals surface area contributed by atoms with Gasteiger partial charge in [0.05, 0.1) is 13.2 Å². The summed E-state index contributed by atoms with van der Waals surface area (Å²) in [7, 11) is 3.45. The number of unbranched alkanes of at least 4 members (excludes halogenated alkanes) is 1. The molecule has 0 amide bonds. The topological polar surface area (TPSA) is 85.6 Å². The average molecular weight is 401 g/mol. The number of guanidine groups is 1. The number of aliphatic imine (C=N–C) groups is 1. The lowest BCUT2D eigenvalue weighted by Crippen LogP contribution is -2.46. The van der Waals surface area contributed by atoms with Gasteiger partial charge in [-0.1, -0.05) is 25.5 Å². The Kier molecular flexibility index (Phi) is 7.86. The van der Waals surface area contributed by atoms with E-state index in [0.29, 0.717) is 13.2 Å². The maximum absolute atomic E-state index is 5.80. The van der Waals surface area contributed by atoms with E-state index in [1.165, 1.54) is 0 Å². The van der Waals surface area contributed by atoms with E-state index in [1.54, 1.807) is 14.2 Å². The molecule has 0 bridgehead atoms. The molecule has 0 saturated heterocycles. The van der Waals surface area contributed by atoms with Gasteiger partial charge in [-0.3, -0.25) is 4.99 Å². The standard InChI is InChI=1S/C21H32N6O2/c1-4-5-11-29-18-8-6-7-16(12-18)13-23-21(22-2)24-17-9-10-20-25-19(15-28-3)26-27(20)14-17/h6-8,12,17H,4-5,9-11,13-15H2,1-3H3,(H2,22,23,24). The van der Waals surface area contributed by atoms with Crippen molar-refractivity contribution in [2.45, 2.75) is 58.3 Å². The molecule has 0 radical (unpaired) electrons. The lowest BCUT2D eigenvalue weighted by atomic mass is 10.1. The minimum Gasteiger partial charge on any atom is -0.494 e. The number of nitrogens with zero attached hydrogens (tertiary/aromatic N) is 4. The van der Waals surface area contributed by atoms with Crippen molar-refractivity contribution in [1.29, 1.82) is 0 Å². The van der Waals surface area contributed by atoms with Gasteiger partial charge in [-0.25, -0.2) is 9.67 Å². The van der Waals surface area contributed by atoms with E-state index in [2.05, 4.69) is 44.8 Å². The van der Waals surface area contributed by atoms with E-state index < -0.39 is 0 Å². The fourth-order valence-corrected chi connectivity index (χ4v) is 3.32. The Labute approximate surface area is 172 Å². The van der Waals surface area contributed by atoms with Crippen molar-refractivity contribution in [3.05, 3.63) is 41.5 Å². The number of rotatable bonds is 9. The first kappa shape index (κ1) is 21.1. The summed E-state index contributed by atoms with van der Waals surface area (Å²) in [5.41, 5.74) is 1.16. The third-order valence-electron chi connectivity index (χ3n) is 4.86. The van der Waals surface area contributed by atoms with Gasteiger partial charge in [-0.2, -0.15) is 5.10 Å². The zero-order valence-electron chi connectivity index (χ0n) is 17.6. The number of ether oxygens (including phenoxy) is 2. The highest BCUT2D eigenvalue weighted by atomic mass is 16.5. The second-order valence-electron chi connectivity index (χ2n) is 7.21. The van der Waals surface area contributed by atoms with Crippen molar-refractivity contribution in [3.8, 4) is 5.75 Å². The molecule has 1 aliphatic heterocycles. The zero-order chi connectivity index (χ0) is 20.5. The van der Waals surface area contributed by atoms with Crippen LogP contribution in [0.25, 0.3) is 0 Å². The van der Waals surface area contributed by atoms with Crippen LogP contribution in [0.3, 0.4) is 0 Å². The molecular formula is C21H32N6O2. The Morgan fingerprint density at radius 2 is 2.28 bits per heavy atom. The van der Waals surface area contributed by atoms with Crippen molar-refractivity contribution in [1.82, 2.24) is 25.4 Å². The summed E-state index contributed by atoms with van der Waals surface area (Å²) >= 11 is 0. The summed E-state index contributed by atoms with van der Waals surface area (Å²) in [6.45, 7) is 4.82. The van der Waals surface area contributed by atoms with Crippen molar-refractivity contribution in [2.75, 3.05) is 20.8 Å². The predicted octanol–water partition coefficient (Wildman–Crippen LogP) is 2.28. The number of fused-ring (bicyclic) bond motifs is 1. The van der Waals surface area contributed by atoms with Crippen molar-refractivity contribution in [2.24, 2.45) is 4.99 Å². The van der Waals surface area contributed by atoms with Crippen LogP contribution in [-0.2, 0) is 30.9 Å². The van der Waals surface area contributed by atoms with E-state index in [1.807, 2.05) is 16.8 Å². The quantitative estimate of drug-likeness (QED) is 0.382. The average Bonchev–Trinajstić information content (AvgIpc) is 3.13. The van der Waals surface area contributed by atoms with Gasteiger partial charge in [0.2, 0.25) is 0 Å². The van der Waals surface area contributed by atoms with Crippen LogP contribution >= 0.6 is 0 Å². The Hall–Kier alpha value is -2.61. The molecule has 0 saturated carbocycles. The van der Waals surface area contributed by atoms with Crippen LogP contribution in [0.5, 0.6) is 5.75 Å². The van der Waals surface area contributed by atoms with Gasteiger partial charge in [0.25, 0.3) is 0 Å². The normalized spacial score (nSPS) is 16.4. The maximum atomic E-state index is 5.80. The van der Waals surface area contributed by atoms with Crippen LogP contribution in [0, 0.1) is 0 Å². The number of nitrogens with one attached hydrogen (secondary N) is 2. The van der Waals surface area contributed by atoms with Gasteiger partial charge in [0.15, 0.2) is 11.8 Å². The molecule has 1 unspecified atom stereocenters. The Morgan fingerprint density at radius 1 is 1.38 bits per heavy atom. The van der Waals surface area contributed by atoms with Crippen molar-refractivity contribution < 1.29 is 9.47 Å². The van der Waals surface area contributed by atoms with E-state index in [4.69, 9.17) is 9.47 Å². The number of methoxy groups -OCH3 is 1. The molecule has 2 heterocycles. The maximum Gasteiger partial charge on any atom is 0.191 e. The smallest absolute Gasteiger partial charge is 0.191 e. The summed E-state index contributed by atoms with van der Waals surface area (Å²) < 4.78 is 12.9. The van der Waals surface area contributed by atoms with E-state index >= 15 is 0 Å². The van der Waals surface area contributed by atoms with E-state index in [0.717, 1.165) is 67.8 Å². The Bertz CT molecular complexity index is 804. The Balaban J connectivity index is 1.50. The SMILES string of the molecule is CCCCOc1cccc(CNC(=NC)NC2CCc3nc(COC)nn3C2)c1. The van der Waals surface area contributed by atoms with Crippen LogP contribution < -0.4 is 15.4 Å². The van der Waals surface area contributed by atoms with Crippen LogP contribution in [0.15, 0.2) is 29.3 Å². The summed E-state index contributed by atoms with van der Waals surface area (Å²) in [6.07, 6.45) is 4.09. The monoisotopic (exact) mass is 400 g/mol. The molecule has 1 aromatic carbocycles. The minimum atomic E-state index is 0.259. The number of hydrogen-bond donors (Lipinski definition) is 2. The molecule has 1 aromatic heterocycles. The van der Waals surface area contributed by atoms with Gasteiger partial charge in [-0.05, 0) is 30.5 Å². The summed E-state index contributed by atoms with van der Waals surface area (Å²) in [5, 5.41) is 11.4. The van der Waals surface area contributed by atoms with Gasteiger partial charge < -0.3 is 20.1 Å². The first-order valence-electron chi connectivity index (χ1n) is 10.3. The molecule has 8 nitrogen and oxygen atoms in total. The first-order valence-corrected chi connectivity index (χ1v) is 10.3. The third kappa shape index (κ3) is 6.19. The van der Waals surface area contributed by atoms with Crippen LogP contribution in [0.2, 0.25) is 0 Å². The molecule has 2 N–H and O–H groups in total. The van der Waals surface area contributed by atoms with Crippen molar-refractivity contribution >= 4 is 5.96 Å². The number of hydrogen-bond acceptors (Lipinski definition) is 5. The van der Waals surface area contributed by atoms with Gasteiger partial charge in [0, 0.05) is 33.2 Å². The first-order chi connectivity index (χ1) is 14.2. The van der Waals surface area contributed by atoms with Crippen molar-refractivity contribution in [3.63, 3.8) is 0 Å². The number of aromatic nitrogens is 3. The lowest BCUT2D eigenvalue weighted by Gasteiger charge is -2.25. The molecule has 3 rings (SSSR count). The highest BCUT2D eigenvalue weighted by molar-refractivity contribution is 5.79. The highest BCUT2D eigenvalue weighted by Crippen LogP contribution is 2.15. The van der Waals surface area contributed by atoms with Gasteiger partial charge in [-0.15, -0.1) is 0 Å². The minimum absolute atomic E-state index is 0.259. The molecule has 1 atom stereocenters. The highest BCUT2D eigenvalue weighted by Gasteiger charge is 2.22. The second kappa shape index (κ2) is 10.8. The van der Waals surface area contributed by atoms with E-state index in [-0.39, 0.29) is 6.04 Å². The summed E-state index contributed by atoms with van der Waals surface area (Å²) in [5.74, 6) is 3.47. The third-order valence-corrected chi connectivity index (χ3v) is 4.86.